The molecule has 16 heavy (non-hydrogen) atoms. The molecule has 1 rings (SSSR count). The van der Waals surface area contributed by atoms with Crippen LogP contribution in [0, 0.1) is 0 Å². The lowest BCUT2D eigenvalue weighted by molar-refractivity contribution is -0.140. The molecular formula is C13H16O3. The van der Waals surface area contributed by atoms with Crippen molar-refractivity contribution < 1.29 is 14.3 Å². The number of carbonyl (C=O) groups is 1. The van der Waals surface area contributed by atoms with E-state index in [1.165, 1.54) is 0 Å². The molecule has 0 spiro atoms. The van der Waals surface area contributed by atoms with E-state index in [9.17, 15) is 4.79 Å². The molecule has 86 valence electrons. The molecule has 0 radical (unpaired) electrons. The summed E-state index contributed by atoms with van der Waals surface area (Å²) in [7, 11) is 0. The van der Waals surface area contributed by atoms with Crippen LogP contribution in [0.5, 0.6) is 0 Å². The Morgan fingerprint density at radius 3 is 2.56 bits per heavy atom. The minimum absolute atomic E-state index is 0.262. The number of carbonyl (C=O) groups excluding carboxylic acids is 1. The van der Waals surface area contributed by atoms with Crippen LogP contribution in [-0.4, -0.2) is 19.2 Å². The Balaban J connectivity index is 2.09. The summed E-state index contributed by atoms with van der Waals surface area (Å²) >= 11 is 0. The average Bonchev–Trinajstić information content (AvgIpc) is 2.29. The molecule has 0 amide bonds. The molecule has 0 atom stereocenters. The zero-order chi connectivity index (χ0) is 11.8. The van der Waals surface area contributed by atoms with Gasteiger partial charge < -0.3 is 9.47 Å². The Bertz CT molecular complexity index is 343. The largest absolute Gasteiger partial charge is 0.460 e. The lowest BCUT2D eigenvalue weighted by Crippen LogP contribution is -2.10. The molecule has 3 nitrogen and oxygen atoms in total. The number of rotatable bonds is 6. The van der Waals surface area contributed by atoms with E-state index >= 15 is 0 Å². The Hall–Kier alpha value is -1.61. The molecule has 0 saturated heterocycles. The molecule has 3 heteroatoms. The van der Waals surface area contributed by atoms with Gasteiger partial charge in [0.1, 0.15) is 6.61 Å². The molecule has 0 aliphatic rings. The second-order valence-electron chi connectivity index (χ2n) is 3.45. The Kier molecular flexibility index (Phi) is 5.29. The predicted molar refractivity (Wildman–Crippen MR) is 61.9 cm³/mol. The van der Waals surface area contributed by atoms with Crippen LogP contribution >= 0.6 is 0 Å². The number of esters is 1. The topological polar surface area (TPSA) is 35.5 Å². The third kappa shape index (κ3) is 4.75. The minimum atomic E-state index is -0.372. The predicted octanol–water partition coefficient (Wildman–Crippen LogP) is 2.32. The van der Waals surface area contributed by atoms with Gasteiger partial charge in [-0.1, -0.05) is 36.9 Å². The van der Waals surface area contributed by atoms with E-state index in [4.69, 9.17) is 9.47 Å². The van der Waals surface area contributed by atoms with Crippen LogP contribution in [0.15, 0.2) is 42.5 Å². The molecule has 0 saturated carbocycles. The summed E-state index contributed by atoms with van der Waals surface area (Å²) in [4.78, 5) is 11.0. The Morgan fingerprint density at radius 2 is 1.94 bits per heavy atom. The second kappa shape index (κ2) is 6.80. The van der Waals surface area contributed by atoms with Gasteiger partial charge >= 0.3 is 5.97 Å². The van der Waals surface area contributed by atoms with E-state index in [1.54, 1.807) is 6.92 Å². The van der Waals surface area contributed by atoms with Gasteiger partial charge in [0.25, 0.3) is 0 Å². The van der Waals surface area contributed by atoms with E-state index in [0.29, 0.717) is 18.8 Å². The smallest absolute Gasteiger partial charge is 0.333 e. The third-order valence-corrected chi connectivity index (χ3v) is 1.92. The van der Waals surface area contributed by atoms with Gasteiger partial charge in [0.15, 0.2) is 0 Å². The molecule has 0 fully saturated rings. The van der Waals surface area contributed by atoms with Crippen molar-refractivity contribution in [1.82, 2.24) is 0 Å². The highest BCUT2D eigenvalue weighted by Crippen LogP contribution is 2.00. The first kappa shape index (κ1) is 12.5. The summed E-state index contributed by atoms with van der Waals surface area (Å²) in [6.45, 7) is 6.30. The van der Waals surface area contributed by atoms with E-state index in [0.717, 1.165) is 5.56 Å². The summed E-state index contributed by atoms with van der Waals surface area (Å²) in [6.07, 6.45) is 0. The van der Waals surface area contributed by atoms with Crippen molar-refractivity contribution in [3.63, 3.8) is 0 Å². The van der Waals surface area contributed by atoms with Crippen LogP contribution in [0.3, 0.4) is 0 Å². The summed E-state index contributed by atoms with van der Waals surface area (Å²) in [5.74, 6) is -0.372. The second-order valence-corrected chi connectivity index (χ2v) is 3.45. The van der Waals surface area contributed by atoms with E-state index in [2.05, 4.69) is 6.58 Å². The normalized spacial score (nSPS) is 9.81. The molecule has 0 heterocycles. The number of hydrogen-bond donors (Lipinski definition) is 0. The van der Waals surface area contributed by atoms with E-state index in [1.807, 2.05) is 30.3 Å². The van der Waals surface area contributed by atoms with Gasteiger partial charge in [0.2, 0.25) is 0 Å². The van der Waals surface area contributed by atoms with Gasteiger partial charge in [-0.25, -0.2) is 4.79 Å². The molecule has 1 aromatic rings. The zero-order valence-corrected chi connectivity index (χ0v) is 9.44. The Labute approximate surface area is 95.7 Å². The van der Waals surface area contributed by atoms with Crippen molar-refractivity contribution in [3.8, 4) is 0 Å². The van der Waals surface area contributed by atoms with Gasteiger partial charge in [-0.2, -0.15) is 0 Å². The molecule has 0 N–H and O–H groups in total. The molecule has 0 aliphatic carbocycles. The standard InChI is InChI=1S/C13H16O3/c1-11(2)13(14)16-9-8-15-10-12-6-4-3-5-7-12/h3-7H,1,8-10H2,2H3. The number of benzene rings is 1. The highest BCUT2D eigenvalue weighted by Gasteiger charge is 2.01. The van der Waals surface area contributed by atoms with Gasteiger partial charge in [0.05, 0.1) is 13.2 Å². The molecule has 1 aromatic carbocycles. The number of ether oxygens (including phenoxy) is 2. The molecule has 0 aromatic heterocycles. The minimum Gasteiger partial charge on any atom is -0.460 e. The summed E-state index contributed by atoms with van der Waals surface area (Å²) in [5.41, 5.74) is 1.51. The van der Waals surface area contributed by atoms with Crippen LogP contribution in [0.4, 0.5) is 0 Å². The van der Waals surface area contributed by atoms with Gasteiger partial charge in [-0.15, -0.1) is 0 Å². The van der Waals surface area contributed by atoms with E-state index < -0.39 is 0 Å². The average molecular weight is 220 g/mol. The fraction of sp³-hybridized carbons (Fsp3) is 0.308. The third-order valence-electron chi connectivity index (χ3n) is 1.92. The summed E-state index contributed by atoms with van der Waals surface area (Å²) in [5, 5.41) is 0. The first-order valence-corrected chi connectivity index (χ1v) is 5.14. The van der Waals surface area contributed by atoms with Gasteiger partial charge in [-0.3, -0.25) is 0 Å². The van der Waals surface area contributed by atoms with Crippen molar-refractivity contribution in [2.24, 2.45) is 0 Å². The van der Waals surface area contributed by atoms with Crippen LogP contribution in [0.2, 0.25) is 0 Å². The maximum Gasteiger partial charge on any atom is 0.333 e. The maximum atomic E-state index is 11.0. The lowest BCUT2D eigenvalue weighted by atomic mass is 10.2. The van der Waals surface area contributed by atoms with Crippen molar-refractivity contribution in [2.45, 2.75) is 13.5 Å². The van der Waals surface area contributed by atoms with Gasteiger partial charge in [0, 0.05) is 5.57 Å². The van der Waals surface area contributed by atoms with Crippen molar-refractivity contribution in [3.05, 3.63) is 48.0 Å². The summed E-state index contributed by atoms with van der Waals surface area (Å²) in [6, 6.07) is 9.84. The van der Waals surface area contributed by atoms with Crippen molar-refractivity contribution >= 4 is 5.97 Å². The van der Waals surface area contributed by atoms with Gasteiger partial charge in [-0.05, 0) is 12.5 Å². The van der Waals surface area contributed by atoms with Crippen LogP contribution < -0.4 is 0 Å². The van der Waals surface area contributed by atoms with Crippen LogP contribution in [0.25, 0.3) is 0 Å². The number of hydrogen-bond acceptors (Lipinski definition) is 3. The first-order chi connectivity index (χ1) is 7.70. The first-order valence-electron chi connectivity index (χ1n) is 5.14. The quantitative estimate of drug-likeness (QED) is 0.419. The highest BCUT2D eigenvalue weighted by molar-refractivity contribution is 5.86. The highest BCUT2D eigenvalue weighted by atomic mass is 16.6. The Morgan fingerprint density at radius 1 is 1.25 bits per heavy atom. The van der Waals surface area contributed by atoms with Crippen molar-refractivity contribution in [1.29, 1.82) is 0 Å². The van der Waals surface area contributed by atoms with Crippen molar-refractivity contribution in [2.75, 3.05) is 13.2 Å². The SMILES string of the molecule is C=C(C)C(=O)OCCOCc1ccccc1. The van der Waals surface area contributed by atoms with E-state index in [-0.39, 0.29) is 12.6 Å². The fourth-order valence-electron chi connectivity index (χ4n) is 1.08. The molecule has 0 bridgehead atoms. The summed E-state index contributed by atoms with van der Waals surface area (Å²) < 4.78 is 10.2. The molecular weight excluding hydrogens is 204 g/mol. The lowest BCUT2D eigenvalue weighted by Gasteiger charge is -2.05. The maximum absolute atomic E-state index is 11.0. The molecule has 0 aliphatic heterocycles. The fourth-order valence-corrected chi connectivity index (χ4v) is 1.08. The van der Waals surface area contributed by atoms with Crippen LogP contribution in [-0.2, 0) is 20.9 Å². The van der Waals surface area contributed by atoms with Crippen LogP contribution in [0.1, 0.15) is 12.5 Å². The zero-order valence-electron chi connectivity index (χ0n) is 9.44. The monoisotopic (exact) mass is 220 g/mol. The molecule has 0 unspecified atom stereocenters.